The van der Waals surface area contributed by atoms with Gasteiger partial charge in [0.15, 0.2) is 6.10 Å². The highest BCUT2D eigenvalue weighted by Crippen LogP contribution is 2.15. The first-order valence-electron chi connectivity index (χ1n) is 29.6. The second kappa shape index (κ2) is 58.2. The first-order valence-corrected chi connectivity index (χ1v) is 29.6. The molecule has 0 radical (unpaired) electrons. The molecular formula is C64H110O6. The van der Waals surface area contributed by atoms with Gasteiger partial charge >= 0.3 is 17.9 Å². The Kier molecular flexibility index (Phi) is 55.3. The molecule has 0 spiro atoms. The molecule has 0 fully saturated rings. The lowest BCUT2D eigenvalue weighted by molar-refractivity contribution is -0.167. The fourth-order valence-corrected chi connectivity index (χ4v) is 8.21. The summed E-state index contributed by atoms with van der Waals surface area (Å²) in [7, 11) is 0. The first kappa shape index (κ1) is 66.6. The van der Waals surface area contributed by atoms with E-state index in [4.69, 9.17) is 14.2 Å². The third-order valence-corrected chi connectivity index (χ3v) is 12.6. The van der Waals surface area contributed by atoms with Crippen LogP contribution in [-0.2, 0) is 28.6 Å². The van der Waals surface area contributed by atoms with Crippen molar-refractivity contribution in [2.45, 2.75) is 290 Å². The van der Waals surface area contributed by atoms with E-state index in [2.05, 4.69) is 106 Å². The van der Waals surface area contributed by atoms with E-state index in [1.165, 1.54) is 128 Å². The number of carbonyl (C=O) groups excluding carboxylic acids is 3. The van der Waals surface area contributed by atoms with Gasteiger partial charge in [-0.1, -0.05) is 254 Å². The molecule has 70 heavy (non-hydrogen) atoms. The summed E-state index contributed by atoms with van der Waals surface area (Å²) in [5.41, 5.74) is 0. The van der Waals surface area contributed by atoms with Crippen LogP contribution in [0.4, 0.5) is 0 Å². The van der Waals surface area contributed by atoms with Gasteiger partial charge in [0.05, 0.1) is 0 Å². The normalized spacial score (nSPS) is 12.7. The molecule has 0 aromatic carbocycles. The largest absolute Gasteiger partial charge is 0.462 e. The molecule has 0 heterocycles. The van der Waals surface area contributed by atoms with E-state index in [0.29, 0.717) is 19.3 Å². The van der Waals surface area contributed by atoms with Crippen molar-refractivity contribution in [1.82, 2.24) is 0 Å². The fraction of sp³-hybridized carbons (Fsp3) is 0.734. The molecule has 0 aliphatic rings. The molecule has 0 aliphatic carbocycles. The van der Waals surface area contributed by atoms with Crippen molar-refractivity contribution < 1.29 is 28.6 Å². The van der Waals surface area contributed by atoms with Crippen molar-refractivity contribution in [3.05, 3.63) is 85.1 Å². The van der Waals surface area contributed by atoms with Crippen LogP contribution in [0.1, 0.15) is 284 Å². The molecule has 0 bridgehead atoms. The number of unbranched alkanes of at least 4 members (excludes halogenated alkanes) is 28. The number of allylic oxidation sites excluding steroid dienone is 14. The number of hydrogen-bond donors (Lipinski definition) is 0. The highest BCUT2D eigenvalue weighted by Gasteiger charge is 2.19. The van der Waals surface area contributed by atoms with E-state index in [1.54, 1.807) is 0 Å². The molecule has 0 rings (SSSR count). The van der Waals surface area contributed by atoms with Gasteiger partial charge in [0, 0.05) is 19.3 Å². The minimum absolute atomic E-state index is 0.0802. The van der Waals surface area contributed by atoms with Gasteiger partial charge in [-0.25, -0.2) is 0 Å². The Balaban J connectivity index is 4.25. The quantitative estimate of drug-likeness (QED) is 0.0261. The molecule has 0 aliphatic heterocycles. The Bertz CT molecular complexity index is 1350. The van der Waals surface area contributed by atoms with Crippen LogP contribution in [0.25, 0.3) is 0 Å². The standard InChI is InChI=1S/C64H110O6/c1-4-7-10-13-16-19-21-23-25-27-28-29-30-31-32-33-34-35-36-37-39-40-42-45-48-51-54-57-63(66)69-60-61(59-68-62(65)56-53-50-47-44-18-15-12-9-6-3)70-64(67)58-55-52-49-46-43-41-38-26-24-22-20-17-14-11-8-5-2/h7,10,16,19,23,25-26,28-29,31-32,34-35,38,61H,4-6,8-9,11-15,17-18,20-22,24,27,30,33,36-37,39-60H2,1-3H3/b10-7-,19-16-,25-23-,29-28-,32-31-,35-34-,38-26-. The van der Waals surface area contributed by atoms with Crippen LogP contribution in [0, 0.1) is 0 Å². The molecule has 6 heteroatoms. The zero-order valence-corrected chi connectivity index (χ0v) is 46.0. The third kappa shape index (κ3) is 55.5. The smallest absolute Gasteiger partial charge is 0.306 e. The second-order valence-corrected chi connectivity index (χ2v) is 19.5. The summed E-state index contributed by atoms with van der Waals surface area (Å²) in [6.07, 6.45) is 75.8. The Labute approximate surface area is 433 Å². The van der Waals surface area contributed by atoms with Gasteiger partial charge in [-0.05, 0) is 96.3 Å². The Morgan fingerprint density at radius 2 is 0.557 bits per heavy atom. The van der Waals surface area contributed by atoms with E-state index >= 15 is 0 Å². The van der Waals surface area contributed by atoms with Gasteiger partial charge in [0.1, 0.15) is 13.2 Å². The van der Waals surface area contributed by atoms with Crippen LogP contribution < -0.4 is 0 Å². The molecular weight excluding hydrogens is 865 g/mol. The zero-order chi connectivity index (χ0) is 50.7. The van der Waals surface area contributed by atoms with Crippen molar-refractivity contribution in [2.24, 2.45) is 0 Å². The maximum absolute atomic E-state index is 12.8. The molecule has 0 N–H and O–H groups in total. The topological polar surface area (TPSA) is 78.9 Å². The summed E-state index contributed by atoms with van der Waals surface area (Å²) in [4.78, 5) is 38.1. The molecule has 0 aromatic rings. The summed E-state index contributed by atoms with van der Waals surface area (Å²) < 4.78 is 16.8. The lowest BCUT2D eigenvalue weighted by Crippen LogP contribution is -2.30. The molecule has 0 saturated heterocycles. The molecule has 1 unspecified atom stereocenters. The lowest BCUT2D eigenvalue weighted by Gasteiger charge is -2.18. The van der Waals surface area contributed by atoms with E-state index in [9.17, 15) is 14.4 Å². The summed E-state index contributed by atoms with van der Waals surface area (Å²) in [5.74, 6) is -0.894. The van der Waals surface area contributed by atoms with Crippen molar-refractivity contribution in [2.75, 3.05) is 13.2 Å². The predicted molar refractivity (Wildman–Crippen MR) is 302 cm³/mol. The highest BCUT2D eigenvalue weighted by atomic mass is 16.6. The summed E-state index contributed by atoms with van der Waals surface area (Å²) in [5, 5.41) is 0. The molecule has 0 saturated carbocycles. The number of hydrogen-bond acceptors (Lipinski definition) is 6. The average Bonchev–Trinajstić information content (AvgIpc) is 3.36. The Morgan fingerprint density at radius 3 is 0.886 bits per heavy atom. The van der Waals surface area contributed by atoms with Crippen molar-refractivity contribution in [3.63, 3.8) is 0 Å². The minimum Gasteiger partial charge on any atom is -0.462 e. The molecule has 402 valence electrons. The number of esters is 3. The zero-order valence-electron chi connectivity index (χ0n) is 46.0. The van der Waals surface area contributed by atoms with E-state index in [1.807, 2.05) is 0 Å². The first-order chi connectivity index (χ1) is 34.5. The monoisotopic (exact) mass is 975 g/mol. The number of carbonyl (C=O) groups is 3. The highest BCUT2D eigenvalue weighted by molar-refractivity contribution is 5.71. The van der Waals surface area contributed by atoms with Gasteiger partial charge in [0.2, 0.25) is 0 Å². The van der Waals surface area contributed by atoms with E-state index in [0.717, 1.165) is 116 Å². The van der Waals surface area contributed by atoms with Crippen LogP contribution in [0.5, 0.6) is 0 Å². The Morgan fingerprint density at radius 1 is 0.300 bits per heavy atom. The van der Waals surface area contributed by atoms with Crippen molar-refractivity contribution in [1.29, 1.82) is 0 Å². The average molecular weight is 976 g/mol. The maximum atomic E-state index is 12.8. The van der Waals surface area contributed by atoms with Gasteiger partial charge < -0.3 is 14.2 Å². The minimum atomic E-state index is -0.782. The maximum Gasteiger partial charge on any atom is 0.306 e. The lowest BCUT2D eigenvalue weighted by atomic mass is 10.1. The van der Waals surface area contributed by atoms with Gasteiger partial charge in [-0.3, -0.25) is 14.4 Å². The number of ether oxygens (including phenoxy) is 3. The third-order valence-electron chi connectivity index (χ3n) is 12.6. The van der Waals surface area contributed by atoms with Crippen LogP contribution >= 0.6 is 0 Å². The second-order valence-electron chi connectivity index (χ2n) is 19.5. The van der Waals surface area contributed by atoms with E-state index in [-0.39, 0.29) is 31.1 Å². The molecule has 6 nitrogen and oxygen atoms in total. The fourth-order valence-electron chi connectivity index (χ4n) is 8.21. The van der Waals surface area contributed by atoms with Crippen LogP contribution in [0.15, 0.2) is 85.1 Å². The van der Waals surface area contributed by atoms with Crippen molar-refractivity contribution >= 4 is 17.9 Å². The van der Waals surface area contributed by atoms with E-state index < -0.39 is 6.10 Å². The molecule has 1 atom stereocenters. The molecule has 0 aromatic heterocycles. The molecule has 0 amide bonds. The predicted octanol–water partition coefficient (Wildman–Crippen LogP) is 19.9. The van der Waals surface area contributed by atoms with Crippen LogP contribution in [-0.4, -0.2) is 37.2 Å². The summed E-state index contributed by atoms with van der Waals surface area (Å²) in [6.45, 7) is 6.50. The van der Waals surface area contributed by atoms with Crippen LogP contribution in [0.2, 0.25) is 0 Å². The number of rotatable bonds is 53. The van der Waals surface area contributed by atoms with Gasteiger partial charge in [-0.15, -0.1) is 0 Å². The van der Waals surface area contributed by atoms with Gasteiger partial charge in [-0.2, -0.15) is 0 Å². The van der Waals surface area contributed by atoms with Gasteiger partial charge in [0.25, 0.3) is 0 Å². The Hall–Kier alpha value is -3.41. The summed E-state index contributed by atoms with van der Waals surface area (Å²) in [6, 6.07) is 0. The van der Waals surface area contributed by atoms with Crippen molar-refractivity contribution in [3.8, 4) is 0 Å². The summed E-state index contributed by atoms with van der Waals surface area (Å²) >= 11 is 0. The van der Waals surface area contributed by atoms with Crippen LogP contribution in [0.3, 0.4) is 0 Å². The SMILES string of the molecule is CC/C=C\C/C=C\C/C=C\C/C=C\C/C=C\C/C=C\CCCCCCCCCCC(=O)OCC(COC(=O)CCCCCCCCCCC)OC(=O)CCCCCCC/C=C\CCCCCCCCC.